The molecule has 8 heteroatoms. The fourth-order valence-electron chi connectivity index (χ4n) is 3.13. The maximum absolute atomic E-state index is 12.2. The van der Waals surface area contributed by atoms with Crippen LogP contribution in [0.3, 0.4) is 0 Å². The van der Waals surface area contributed by atoms with E-state index in [1.807, 2.05) is 24.3 Å². The van der Waals surface area contributed by atoms with Crippen molar-refractivity contribution in [2.75, 3.05) is 16.8 Å². The van der Waals surface area contributed by atoms with E-state index < -0.39 is 0 Å². The number of anilines is 2. The van der Waals surface area contributed by atoms with Crippen LogP contribution < -0.4 is 11.1 Å². The Morgan fingerprint density at radius 2 is 1.75 bits per heavy atom. The number of pyridine rings is 2. The first-order valence-electron chi connectivity index (χ1n) is 10.0. The van der Waals surface area contributed by atoms with Crippen LogP contribution in [0, 0.1) is 22.7 Å². The summed E-state index contributed by atoms with van der Waals surface area (Å²) in [7, 11) is 0. The van der Waals surface area contributed by atoms with E-state index in [9.17, 15) is 15.3 Å². The van der Waals surface area contributed by atoms with Crippen LogP contribution >= 0.6 is 11.8 Å². The highest BCUT2D eigenvalue weighted by molar-refractivity contribution is 7.99. The number of nitriles is 2. The molecule has 0 spiro atoms. The van der Waals surface area contributed by atoms with Crippen molar-refractivity contribution >= 4 is 29.2 Å². The minimum absolute atomic E-state index is 0.0678. The molecule has 32 heavy (non-hydrogen) atoms. The van der Waals surface area contributed by atoms with E-state index in [1.165, 1.54) is 11.8 Å². The zero-order valence-corrected chi connectivity index (χ0v) is 18.6. The molecular formula is C24H22N6OS. The smallest absolute Gasteiger partial charge is 0.225 e. The third kappa shape index (κ3) is 5.23. The Kier molecular flexibility index (Phi) is 7.43. The predicted octanol–water partition coefficient (Wildman–Crippen LogP) is 4.71. The number of amides is 1. The minimum atomic E-state index is -0.159. The third-order valence-electron chi connectivity index (χ3n) is 4.81. The average molecular weight is 443 g/mol. The quantitative estimate of drug-likeness (QED) is 0.507. The number of rotatable bonds is 7. The molecule has 0 saturated heterocycles. The van der Waals surface area contributed by atoms with Gasteiger partial charge in [0, 0.05) is 35.8 Å². The maximum atomic E-state index is 12.2. The van der Waals surface area contributed by atoms with Crippen molar-refractivity contribution in [3.8, 4) is 23.3 Å². The SMILES string of the molecule is CC(C)c1ccc(-c2c(C#N)c(N)nc(SCCC(=O)Nc3ccncc3)c2C#N)cc1. The van der Waals surface area contributed by atoms with Gasteiger partial charge in [-0.15, -0.1) is 11.8 Å². The first-order chi connectivity index (χ1) is 15.4. The average Bonchev–Trinajstić information content (AvgIpc) is 2.79. The van der Waals surface area contributed by atoms with Crippen LogP contribution in [-0.4, -0.2) is 21.6 Å². The van der Waals surface area contributed by atoms with Gasteiger partial charge in [0.2, 0.25) is 5.91 Å². The Hall–Kier alpha value is -3.88. The molecule has 0 bridgehead atoms. The molecule has 1 aromatic carbocycles. The zero-order valence-electron chi connectivity index (χ0n) is 17.8. The molecule has 0 fully saturated rings. The van der Waals surface area contributed by atoms with Gasteiger partial charge in [-0.1, -0.05) is 38.1 Å². The normalized spacial score (nSPS) is 10.4. The lowest BCUT2D eigenvalue weighted by Gasteiger charge is -2.14. The van der Waals surface area contributed by atoms with Crippen molar-refractivity contribution in [3.05, 3.63) is 65.5 Å². The van der Waals surface area contributed by atoms with E-state index in [1.54, 1.807) is 24.5 Å². The molecule has 0 saturated carbocycles. The Labute approximate surface area is 191 Å². The number of nitrogens with one attached hydrogen (secondary N) is 1. The van der Waals surface area contributed by atoms with E-state index in [2.05, 4.69) is 41.3 Å². The topological polar surface area (TPSA) is 128 Å². The lowest BCUT2D eigenvalue weighted by atomic mass is 9.94. The Morgan fingerprint density at radius 1 is 1.09 bits per heavy atom. The van der Waals surface area contributed by atoms with Crippen LogP contribution in [0.25, 0.3) is 11.1 Å². The zero-order chi connectivity index (χ0) is 23.1. The largest absolute Gasteiger partial charge is 0.383 e. The second-order valence-corrected chi connectivity index (χ2v) is 8.39. The van der Waals surface area contributed by atoms with Gasteiger partial charge in [0.1, 0.15) is 28.5 Å². The van der Waals surface area contributed by atoms with Crippen molar-refractivity contribution in [1.29, 1.82) is 10.5 Å². The second-order valence-electron chi connectivity index (χ2n) is 7.31. The summed E-state index contributed by atoms with van der Waals surface area (Å²) in [5, 5.41) is 22.7. The first-order valence-corrected chi connectivity index (χ1v) is 11.0. The molecule has 0 aliphatic heterocycles. The number of aromatic nitrogens is 2. The van der Waals surface area contributed by atoms with Gasteiger partial charge in [-0.25, -0.2) is 4.98 Å². The Bertz CT molecular complexity index is 1190. The maximum Gasteiger partial charge on any atom is 0.225 e. The van der Waals surface area contributed by atoms with Gasteiger partial charge >= 0.3 is 0 Å². The van der Waals surface area contributed by atoms with Crippen LogP contribution in [0.5, 0.6) is 0 Å². The number of carbonyl (C=O) groups is 1. The van der Waals surface area contributed by atoms with E-state index in [0.29, 0.717) is 27.9 Å². The van der Waals surface area contributed by atoms with Gasteiger partial charge in [-0.2, -0.15) is 10.5 Å². The summed E-state index contributed by atoms with van der Waals surface area (Å²) >= 11 is 1.26. The molecule has 7 nitrogen and oxygen atoms in total. The van der Waals surface area contributed by atoms with Gasteiger partial charge in [-0.05, 0) is 29.2 Å². The summed E-state index contributed by atoms with van der Waals surface area (Å²) in [5.41, 5.74) is 9.55. The van der Waals surface area contributed by atoms with E-state index in [0.717, 1.165) is 11.1 Å². The van der Waals surface area contributed by atoms with Crippen LogP contribution in [0.1, 0.15) is 42.9 Å². The van der Waals surface area contributed by atoms with Crippen molar-refractivity contribution in [3.63, 3.8) is 0 Å². The second kappa shape index (κ2) is 10.4. The van der Waals surface area contributed by atoms with Crippen LogP contribution in [0.4, 0.5) is 11.5 Å². The Morgan fingerprint density at radius 3 is 2.34 bits per heavy atom. The number of hydrogen-bond donors (Lipinski definition) is 2. The molecule has 3 aromatic rings. The predicted molar refractivity (Wildman–Crippen MR) is 126 cm³/mol. The molecule has 0 aliphatic rings. The van der Waals surface area contributed by atoms with Gasteiger partial charge in [0.15, 0.2) is 0 Å². The summed E-state index contributed by atoms with van der Waals surface area (Å²) in [6, 6.07) is 15.4. The van der Waals surface area contributed by atoms with Gasteiger partial charge in [0.05, 0.1) is 5.56 Å². The highest BCUT2D eigenvalue weighted by Gasteiger charge is 2.21. The standard InChI is InChI=1S/C24H22N6OS/c1-15(2)16-3-5-17(6-4-16)22-19(13-25)23(27)30-24(20(22)14-26)32-12-9-21(31)29-18-7-10-28-11-8-18/h3-8,10-11,15H,9,12H2,1-2H3,(H2,27,30)(H,28,29,31). The first kappa shape index (κ1) is 22.8. The van der Waals surface area contributed by atoms with E-state index in [4.69, 9.17) is 5.73 Å². The van der Waals surface area contributed by atoms with Crippen molar-refractivity contribution in [2.24, 2.45) is 0 Å². The molecule has 2 heterocycles. The number of thioether (sulfide) groups is 1. The number of carbonyl (C=O) groups excluding carboxylic acids is 1. The molecule has 1 amide bonds. The monoisotopic (exact) mass is 442 g/mol. The van der Waals surface area contributed by atoms with E-state index in [-0.39, 0.29) is 29.3 Å². The molecule has 3 N–H and O–H groups in total. The Balaban J connectivity index is 1.85. The van der Waals surface area contributed by atoms with E-state index >= 15 is 0 Å². The van der Waals surface area contributed by atoms with Crippen LogP contribution in [0.15, 0.2) is 53.8 Å². The molecule has 160 valence electrons. The summed E-state index contributed by atoms with van der Waals surface area (Å²) < 4.78 is 0. The van der Waals surface area contributed by atoms with Crippen molar-refractivity contribution in [2.45, 2.75) is 31.2 Å². The third-order valence-corrected chi connectivity index (χ3v) is 5.79. The molecular weight excluding hydrogens is 420 g/mol. The summed E-state index contributed by atoms with van der Waals surface area (Å²) in [6.07, 6.45) is 3.42. The lowest BCUT2D eigenvalue weighted by Crippen LogP contribution is -2.12. The molecule has 0 unspecified atom stereocenters. The summed E-state index contributed by atoms with van der Waals surface area (Å²) in [5.74, 6) is 0.670. The molecule has 0 atom stereocenters. The lowest BCUT2D eigenvalue weighted by molar-refractivity contribution is -0.115. The number of benzene rings is 1. The number of hydrogen-bond acceptors (Lipinski definition) is 7. The van der Waals surface area contributed by atoms with Crippen molar-refractivity contribution in [1.82, 2.24) is 9.97 Å². The highest BCUT2D eigenvalue weighted by atomic mass is 32.2. The van der Waals surface area contributed by atoms with Gasteiger partial charge < -0.3 is 11.1 Å². The highest BCUT2D eigenvalue weighted by Crippen LogP contribution is 2.36. The van der Waals surface area contributed by atoms with Crippen molar-refractivity contribution < 1.29 is 4.79 Å². The fraction of sp³-hybridized carbons (Fsp3) is 0.208. The fourth-order valence-corrected chi connectivity index (χ4v) is 4.06. The number of nitrogen functional groups attached to an aromatic ring is 1. The van der Waals surface area contributed by atoms with Crippen LogP contribution in [0.2, 0.25) is 0 Å². The van der Waals surface area contributed by atoms with Gasteiger partial charge in [0.25, 0.3) is 0 Å². The summed E-state index contributed by atoms with van der Waals surface area (Å²) in [6.45, 7) is 4.20. The minimum Gasteiger partial charge on any atom is -0.383 e. The van der Waals surface area contributed by atoms with Gasteiger partial charge in [-0.3, -0.25) is 9.78 Å². The molecule has 0 radical (unpaired) electrons. The molecule has 2 aromatic heterocycles. The summed E-state index contributed by atoms with van der Waals surface area (Å²) in [4.78, 5) is 20.4. The molecule has 3 rings (SSSR count). The number of nitrogens with zero attached hydrogens (tertiary/aromatic N) is 4. The number of nitrogens with two attached hydrogens (primary N) is 1. The van der Waals surface area contributed by atoms with Crippen LogP contribution in [-0.2, 0) is 4.79 Å². The molecule has 0 aliphatic carbocycles.